The second-order valence-electron chi connectivity index (χ2n) is 4.08. The summed E-state index contributed by atoms with van der Waals surface area (Å²) in [5.41, 5.74) is 0.890. The van der Waals surface area contributed by atoms with E-state index in [0.29, 0.717) is 25.2 Å². The molecular formula is C14H20O4. The van der Waals surface area contributed by atoms with E-state index < -0.39 is 0 Å². The van der Waals surface area contributed by atoms with Crippen molar-refractivity contribution in [3.63, 3.8) is 0 Å². The first-order valence-corrected chi connectivity index (χ1v) is 6.19. The molecule has 0 aromatic heterocycles. The van der Waals surface area contributed by atoms with Crippen molar-refractivity contribution < 1.29 is 19.4 Å². The topological polar surface area (TPSA) is 55.8 Å². The minimum absolute atomic E-state index is 0.119. The molecule has 18 heavy (non-hydrogen) atoms. The quantitative estimate of drug-likeness (QED) is 0.598. The molecule has 0 aliphatic rings. The number of hydrogen-bond acceptors (Lipinski definition) is 4. The van der Waals surface area contributed by atoms with E-state index in [4.69, 9.17) is 4.74 Å². The van der Waals surface area contributed by atoms with Gasteiger partial charge in [-0.2, -0.15) is 0 Å². The molecule has 0 saturated heterocycles. The van der Waals surface area contributed by atoms with Gasteiger partial charge in [-0.3, -0.25) is 4.79 Å². The van der Waals surface area contributed by atoms with Crippen molar-refractivity contribution in [1.82, 2.24) is 0 Å². The molecule has 0 unspecified atom stereocenters. The van der Waals surface area contributed by atoms with Crippen molar-refractivity contribution >= 4 is 5.97 Å². The summed E-state index contributed by atoms with van der Waals surface area (Å²) in [6.07, 6.45) is 2.88. The first-order chi connectivity index (χ1) is 8.67. The number of unbranched alkanes of at least 4 members (excludes halogenated alkanes) is 1. The van der Waals surface area contributed by atoms with Crippen LogP contribution in [0.3, 0.4) is 0 Å². The summed E-state index contributed by atoms with van der Waals surface area (Å²) in [5, 5.41) is 9.77. The number of aromatic hydroxyl groups is 1. The number of rotatable bonds is 7. The normalized spacial score (nSPS) is 10.1. The first-order valence-electron chi connectivity index (χ1n) is 6.19. The molecule has 0 spiro atoms. The van der Waals surface area contributed by atoms with E-state index in [1.165, 1.54) is 7.11 Å². The fourth-order valence-electron chi connectivity index (χ4n) is 1.52. The van der Waals surface area contributed by atoms with Crippen molar-refractivity contribution in [2.75, 3.05) is 13.7 Å². The Bertz CT molecular complexity index is 387. The molecule has 1 aromatic rings. The number of carbonyl (C=O) groups is 1. The van der Waals surface area contributed by atoms with Crippen LogP contribution in [0.25, 0.3) is 0 Å². The Morgan fingerprint density at radius 2 is 2.17 bits per heavy atom. The minimum atomic E-state index is -0.252. The van der Waals surface area contributed by atoms with Gasteiger partial charge in [-0.05, 0) is 30.5 Å². The Labute approximate surface area is 108 Å². The Morgan fingerprint density at radius 1 is 1.39 bits per heavy atom. The molecule has 0 fully saturated rings. The van der Waals surface area contributed by atoms with Gasteiger partial charge in [-0.15, -0.1) is 0 Å². The highest BCUT2D eigenvalue weighted by atomic mass is 16.5. The predicted molar refractivity (Wildman–Crippen MR) is 68.8 cm³/mol. The second-order valence-corrected chi connectivity index (χ2v) is 4.08. The van der Waals surface area contributed by atoms with Crippen LogP contribution in [0.1, 0.15) is 31.7 Å². The van der Waals surface area contributed by atoms with Crippen LogP contribution in [0.5, 0.6) is 11.5 Å². The lowest BCUT2D eigenvalue weighted by Crippen LogP contribution is -2.02. The van der Waals surface area contributed by atoms with Gasteiger partial charge in [-0.25, -0.2) is 0 Å². The van der Waals surface area contributed by atoms with Gasteiger partial charge in [0.1, 0.15) is 0 Å². The largest absolute Gasteiger partial charge is 0.504 e. The third-order valence-electron chi connectivity index (χ3n) is 2.62. The molecule has 0 aliphatic heterocycles. The fraction of sp³-hybridized carbons (Fsp3) is 0.500. The van der Waals surface area contributed by atoms with Crippen molar-refractivity contribution in [3.8, 4) is 11.5 Å². The maximum Gasteiger partial charge on any atom is 0.305 e. The molecule has 1 rings (SSSR count). The number of hydrogen-bond donors (Lipinski definition) is 1. The number of phenols is 1. The Kier molecular flexibility index (Phi) is 6.05. The van der Waals surface area contributed by atoms with Crippen molar-refractivity contribution in [2.45, 2.75) is 32.6 Å². The van der Waals surface area contributed by atoms with Crippen LogP contribution < -0.4 is 4.74 Å². The number of methoxy groups -OCH3 is 1. The molecule has 0 atom stereocenters. The zero-order valence-corrected chi connectivity index (χ0v) is 10.9. The third kappa shape index (κ3) is 4.65. The average molecular weight is 252 g/mol. The smallest absolute Gasteiger partial charge is 0.305 e. The standard InChI is InChI=1S/C14H20O4/c1-3-4-9-18-13-7-5-11(10-12(13)15)6-8-14(16)17-2/h5,7,10,15H,3-4,6,8-9H2,1-2H3. The molecule has 0 amide bonds. The predicted octanol–water partition coefficient (Wildman–Crippen LogP) is 2.68. The number of carbonyl (C=O) groups excluding carboxylic acids is 1. The molecule has 0 aliphatic carbocycles. The SMILES string of the molecule is CCCCOc1ccc(CCC(=O)OC)cc1O. The van der Waals surface area contributed by atoms with Gasteiger partial charge in [-0.1, -0.05) is 19.4 Å². The summed E-state index contributed by atoms with van der Waals surface area (Å²) in [5.74, 6) is 0.358. The highest BCUT2D eigenvalue weighted by Crippen LogP contribution is 2.27. The first kappa shape index (κ1) is 14.4. The van der Waals surface area contributed by atoms with E-state index in [-0.39, 0.29) is 11.7 Å². The number of esters is 1. The summed E-state index contributed by atoms with van der Waals surface area (Å²) in [6.45, 7) is 2.69. The second kappa shape index (κ2) is 7.58. The van der Waals surface area contributed by atoms with Gasteiger partial charge in [0, 0.05) is 6.42 Å². The summed E-state index contributed by atoms with van der Waals surface area (Å²) >= 11 is 0. The number of aryl methyl sites for hydroxylation is 1. The molecule has 0 heterocycles. The van der Waals surface area contributed by atoms with Crippen LogP contribution in [0.15, 0.2) is 18.2 Å². The molecule has 0 saturated carbocycles. The molecular weight excluding hydrogens is 232 g/mol. The van der Waals surface area contributed by atoms with Crippen LogP contribution in [0.2, 0.25) is 0 Å². The molecule has 0 radical (unpaired) electrons. The summed E-state index contributed by atoms with van der Waals surface area (Å²) < 4.78 is 10.0. The molecule has 4 nitrogen and oxygen atoms in total. The minimum Gasteiger partial charge on any atom is -0.504 e. The molecule has 0 bridgehead atoms. The molecule has 1 aromatic carbocycles. The molecule has 1 N–H and O–H groups in total. The highest BCUT2D eigenvalue weighted by Gasteiger charge is 2.06. The van der Waals surface area contributed by atoms with E-state index in [0.717, 1.165) is 18.4 Å². The Morgan fingerprint density at radius 3 is 2.78 bits per heavy atom. The Hall–Kier alpha value is -1.71. The van der Waals surface area contributed by atoms with Gasteiger partial charge in [0.2, 0.25) is 0 Å². The van der Waals surface area contributed by atoms with Crippen LogP contribution in [-0.4, -0.2) is 24.8 Å². The highest BCUT2D eigenvalue weighted by molar-refractivity contribution is 5.69. The van der Waals surface area contributed by atoms with Gasteiger partial charge in [0.25, 0.3) is 0 Å². The van der Waals surface area contributed by atoms with E-state index in [9.17, 15) is 9.90 Å². The average Bonchev–Trinajstić information content (AvgIpc) is 2.38. The van der Waals surface area contributed by atoms with Gasteiger partial charge < -0.3 is 14.6 Å². The molecule has 100 valence electrons. The van der Waals surface area contributed by atoms with Crippen molar-refractivity contribution in [3.05, 3.63) is 23.8 Å². The lowest BCUT2D eigenvalue weighted by atomic mass is 10.1. The van der Waals surface area contributed by atoms with Crippen LogP contribution in [0, 0.1) is 0 Å². The van der Waals surface area contributed by atoms with E-state index in [1.807, 2.05) is 6.07 Å². The Balaban J connectivity index is 2.53. The number of phenolic OH excluding ortho intramolecular Hbond substituents is 1. The van der Waals surface area contributed by atoms with Crippen molar-refractivity contribution in [2.24, 2.45) is 0 Å². The lowest BCUT2D eigenvalue weighted by Gasteiger charge is -2.09. The van der Waals surface area contributed by atoms with Crippen molar-refractivity contribution in [1.29, 1.82) is 0 Å². The number of ether oxygens (including phenoxy) is 2. The van der Waals surface area contributed by atoms with Crippen LogP contribution in [0.4, 0.5) is 0 Å². The van der Waals surface area contributed by atoms with Gasteiger partial charge >= 0.3 is 5.97 Å². The molecule has 4 heteroatoms. The monoisotopic (exact) mass is 252 g/mol. The maximum absolute atomic E-state index is 11.0. The fourth-order valence-corrected chi connectivity index (χ4v) is 1.52. The van der Waals surface area contributed by atoms with Gasteiger partial charge in [0.05, 0.1) is 13.7 Å². The van der Waals surface area contributed by atoms with E-state index in [1.54, 1.807) is 12.1 Å². The maximum atomic E-state index is 11.0. The zero-order chi connectivity index (χ0) is 13.4. The summed E-state index contributed by atoms with van der Waals surface area (Å²) in [6, 6.07) is 5.21. The summed E-state index contributed by atoms with van der Waals surface area (Å²) in [7, 11) is 1.37. The van der Waals surface area contributed by atoms with E-state index >= 15 is 0 Å². The van der Waals surface area contributed by atoms with Crippen LogP contribution in [-0.2, 0) is 16.0 Å². The summed E-state index contributed by atoms with van der Waals surface area (Å²) in [4.78, 5) is 11.0. The number of benzene rings is 1. The zero-order valence-electron chi connectivity index (χ0n) is 10.9. The van der Waals surface area contributed by atoms with E-state index in [2.05, 4.69) is 11.7 Å². The lowest BCUT2D eigenvalue weighted by molar-refractivity contribution is -0.140. The van der Waals surface area contributed by atoms with Crippen LogP contribution >= 0.6 is 0 Å². The third-order valence-corrected chi connectivity index (χ3v) is 2.62. The van der Waals surface area contributed by atoms with Gasteiger partial charge in [0.15, 0.2) is 11.5 Å².